The van der Waals surface area contributed by atoms with Crippen LogP contribution < -0.4 is 10.6 Å². The molecular weight excluding hydrogens is 321 g/mol. The van der Waals surface area contributed by atoms with Gasteiger partial charge in [-0.1, -0.05) is 0 Å². The molecule has 2 N–H and O–H groups in total. The lowest BCUT2D eigenvalue weighted by molar-refractivity contribution is 0.0654. The first-order valence-electron chi connectivity index (χ1n) is 8.79. The predicted molar refractivity (Wildman–Crippen MR) is 95.9 cm³/mol. The topological polar surface area (TPSA) is 61.4 Å². The van der Waals surface area contributed by atoms with E-state index in [0.29, 0.717) is 18.7 Å². The third kappa shape index (κ3) is 5.73. The Kier molecular flexibility index (Phi) is 6.03. The van der Waals surface area contributed by atoms with Gasteiger partial charge in [0.25, 0.3) is 5.91 Å². The minimum absolute atomic E-state index is 0.0360. The van der Waals surface area contributed by atoms with Crippen LogP contribution in [0.5, 0.6) is 0 Å². The van der Waals surface area contributed by atoms with Crippen LogP contribution in [-0.4, -0.2) is 41.5 Å². The Morgan fingerprint density at radius 1 is 1.24 bits per heavy atom. The average molecular weight is 349 g/mol. The van der Waals surface area contributed by atoms with Crippen LogP contribution in [0, 0.1) is 11.7 Å². The summed E-state index contributed by atoms with van der Waals surface area (Å²) in [5.74, 6) is -0.240. The third-order valence-corrected chi connectivity index (χ3v) is 4.39. The number of carbonyl (C=O) groups is 2. The van der Waals surface area contributed by atoms with Gasteiger partial charge in [0.2, 0.25) is 0 Å². The van der Waals surface area contributed by atoms with Crippen molar-refractivity contribution in [3.8, 4) is 0 Å². The summed E-state index contributed by atoms with van der Waals surface area (Å²) in [7, 11) is 0. The molecule has 1 heterocycles. The minimum atomic E-state index is -0.351. The Labute approximate surface area is 149 Å². The van der Waals surface area contributed by atoms with Crippen LogP contribution in [0.2, 0.25) is 0 Å². The van der Waals surface area contributed by atoms with Crippen LogP contribution in [0.4, 0.5) is 9.18 Å². The zero-order valence-electron chi connectivity index (χ0n) is 15.4. The van der Waals surface area contributed by atoms with Crippen LogP contribution >= 0.6 is 0 Å². The summed E-state index contributed by atoms with van der Waals surface area (Å²) < 4.78 is 13.0. The number of piperidine rings is 1. The lowest BCUT2D eigenvalue weighted by Gasteiger charge is -2.36. The number of halogens is 1. The molecule has 0 aromatic heterocycles. The lowest BCUT2D eigenvalue weighted by atomic mass is 9.91. The van der Waals surface area contributed by atoms with E-state index >= 15 is 0 Å². The number of hydrogen-bond acceptors (Lipinski definition) is 2. The Morgan fingerprint density at radius 3 is 2.48 bits per heavy atom. The zero-order chi connectivity index (χ0) is 18.6. The van der Waals surface area contributed by atoms with E-state index in [1.54, 1.807) is 4.90 Å². The number of benzene rings is 1. The Hall–Kier alpha value is -2.11. The van der Waals surface area contributed by atoms with Gasteiger partial charge in [-0.25, -0.2) is 9.18 Å². The molecule has 1 aliphatic heterocycles. The second-order valence-electron chi connectivity index (χ2n) is 7.80. The number of urea groups is 1. The van der Waals surface area contributed by atoms with Crippen LogP contribution in [0.15, 0.2) is 24.3 Å². The maximum atomic E-state index is 13.0. The first-order chi connectivity index (χ1) is 11.7. The normalized spacial score (nSPS) is 19.2. The Bertz CT molecular complexity index is 610. The summed E-state index contributed by atoms with van der Waals surface area (Å²) in [5.41, 5.74) is 0.203. The van der Waals surface area contributed by atoms with Gasteiger partial charge in [0.05, 0.1) is 0 Å². The molecule has 2 rings (SSSR count). The fraction of sp³-hybridized carbons (Fsp3) is 0.579. The quantitative estimate of drug-likeness (QED) is 0.880. The van der Waals surface area contributed by atoms with E-state index < -0.39 is 0 Å². The van der Waals surface area contributed by atoms with E-state index in [1.165, 1.54) is 24.3 Å². The SMILES string of the molecule is C[C@H](NC(=O)NC(C)(C)C)[C@@H]1CCCN(C(=O)c2ccc(F)cc2)C1. The van der Waals surface area contributed by atoms with Gasteiger partial charge in [0.1, 0.15) is 5.82 Å². The molecule has 1 aromatic carbocycles. The van der Waals surface area contributed by atoms with Crippen molar-refractivity contribution in [2.75, 3.05) is 13.1 Å². The zero-order valence-corrected chi connectivity index (χ0v) is 15.4. The molecule has 0 unspecified atom stereocenters. The number of rotatable bonds is 3. The van der Waals surface area contributed by atoms with E-state index in [-0.39, 0.29) is 35.3 Å². The summed E-state index contributed by atoms with van der Waals surface area (Å²) in [4.78, 5) is 26.4. The second-order valence-corrected chi connectivity index (χ2v) is 7.80. The molecule has 0 bridgehead atoms. The number of carbonyl (C=O) groups excluding carboxylic acids is 2. The lowest BCUT2D eigenvalue weighted by Crippen LogP contribution is -2.53. The van der Waals surface area contributed by atoms with Gasteiger partial charge >= 0.3 is 6.03 Å². The van der Waals surface area contributed by atoms with Gasteiger partial charge < -0.3 is 15.5 Å². The fourth-order valence-electron chi connectivity index (χ4n) is 3.08. The highest BCUT2D eigenvalue weighted by molar-refractivity contribution is 5.94. The molecule has 2 atom stereocenters. The molecule has 0 radical (unpaired) electrons. The first-order valence-corrected chi connectivity index (χ1v) is 8.79. The van der Waals surface area contributed by atoms with Gasteiger partial charge in [0.15, 0.2) is 0 Å². The monoisotopic (exact) mass is 349 g/mol. The standard InChI is InChI=1S/C19H28FN3O2/c1-13(21-18(25)22-19(2,3)4)15-6-5-11-23(12-15)17(24)14-7-9-16(20)10-8-14/h7-10,13,15H,5-6,11-12H2,1-4H3,(H2,21,22,25)/t13-,15+/m0/s1. The van der Waals surface area contributed by atoms with E-state index in [4.69, 9.17) is 0 Å². The molecule has 0 aliphatic carbocycles. The molecule has 6 heteroatoms. The molecule has 5 nitrogen and oxygen atoms in total. The molecule has 1 saturated heterocycles. The number of nitrogens with zero attached hydrogens (tertiary/aromatic N) is 1. The molecule has 138 valence electrons. The van der Waals surface area contributed by atoms with E-state index in [1.807, 2.05) is 27.7 Å². The second kappa shape index (κ2) is 7.85. The van der Waals surface area contributed by atoms with Crippen LogP contribution in [0.3, 0.4) is 0 Å². The highest BCUT2D eigenvalue weighted by atomic mass is 19.1. The largest absolute Gasteiger partial charge is 0.338 e. The van der Waals surface area contributed by atoms with Crippen LogP contribution in [-0.2, 0) is 0 Å². The summed E-state index contributed by atoms with van der Waals surface area (Å²) in [6.45, 7) is 9.04. The molecule has 1 aromatic rings. The Balaban J connectivity index is 1.94. The van der Waals surface area contributed by atoms with Crippen molar-refractivity contribution in [1.82, 2.24) is 15.5 Å². The minimum Gasteiger partial charge on any atom is -0.338 e. The number of hydrogen-bond donors (Lipinski definition) is 2. The van der Waals surface area contributed by atoms with Crippen molar-refractivity contribution in [1.29, 1.82) is 0 Å². The van der Waals surface area contributed by atoms with Crippen molar-refractivity contribution in [2.24, 2.45) is 5.92 Å². The summed E-state index contributed by atoms with van der Waals surface area (Å²) in [6, 6.07) is 5.40. The predicted octanol–water partition coefficient (Wildman–Crippen LogP) is 3.16. The fourth-order valence-corrected chi connectivity index (χ4v) is 3.08. The summed E-state index contributed by atoms with van der Waals surface area (Å²) in [6.07, 6.45) is 1.86. The van der Waals surface area contributed by atoms with Gasteiger partial charge in [0, 0.05) is 30.2 Å². The smallest absolute Gasteiger partial charge is 0.315 e. The number of amides is 3. The first kappa shape index (κ1) is 19.2. The number of nitrogens with one attached hydrogen (secondary N) is 2. The summed E-state index contributed by atoms with van der Waals surface area (Å²) >= 11 is 0. The van der Waals surface area contributed by atoms with Gasteiger partial charge in [-0.2, -0.15) is 0 Å². The summed E-state index contributed by atoms with van der Waals surface area (Å²) in [5, 5.41) is 5.86. The van der Waals surface area contributed by atoms with Crippen molar-refractivity contribution in [3.05, 3.63) is 35.6 Å². The van der Waals surface area contributed by atoms with Crippen molar-refractivity contribution >= 4 is 11.9 Å². The van der Waals surface area contributed by atoms with Gasteiger partial charge in [-0.05, 0) is 70.7 Å². The van der Waals surface area contributed by atoms with Crippen LogP contribution in [0.25, 0.3) is 0 Å². The highest BCUT2D eigenvalue weighted by Gasteiger charge is 2.29. The van der Waals surface area contributed by atoms with E-state index in [2.05, 4.69) is 10.6 Å². The highest BCUT2D eigenvalue weighted by Crippen LogP contribution is 2.21. The van der Waals surface area contributed by atoms with Gasteiger partial charge in [-0.15, -0.1) is 0 Å². The van der Waals surface area contributed by atoms with E-state index in [0.717, 1.165) is 12.8 Å². The maximum absolute atomic E-state index is 13.0. The number of likely N-dealkylation sites (tertiary alicyclic amines) is 1. The molecule has 1 aliphatic rings. The van der Waals surface area contributed by atoms with E-state index in [9.17, 15) is 14.0 Å². The molecule has 0 spiro atoms. The molecular formula is C19H28FN3O2. The van der Waals surface area contributed by atoms with Crippen LogP contribution in [0.1, 0.15) is 50.9 Å². The van der Waals surface area contributed by atoms with Crippen molar-refractivity contribution < 1.29 is 14.0 Å². The van der Waals surface area contributed by atoms with Gasteiger partial charge in [-0.3, -0.25) is 4.79 Å². The van der Waals surface area contributed by atoms with Crippen molar-refractivity contribution in [3.63, 3.8) is 0 Å². The Morgan fingerprint density at radius 2 is 1.88 bits per heavy atom. The molecule has 1 fully saturated rings. The average Bonchev–Trinajstić information content (AvgIpc) is 2.53. The maximum Gasteiger partial charge on any atom is 0.315 e. The van der Waals surface area contributed by atoms with Crippen molar-refractivity contribution in [2.45, 2.75) is 52.1 Å². The molecule has 25 heavy (non-hydrogen) atoms. The molecule has 0 saturated carbocycles. The third-order valence-electron chi connectivity index (χ3n) is 4.39. The molecule has 3 amide bonds.